The van der Waals surface area contributed by atoms with Crippen LogP contribution in [0.1, 0.15) is 20.8 Å². The Morgan fingerprint density at radius 2 is 1.92 bits per heavy atom. The molecule has 0 radical (unpaired) electrons. The molecule has 0 aromatic rings. The van der Waals surface area contributed by atoms with Gasteiger partial charge in [0, 0.05) is 6.92 Å². The molecule has 0 rings (SSSR count). The van der Waals surface area contributed by atoms with E-state index in [2.05, 4.69) is 5.32 Å². The number of allylic oxidation sites excluding steroid dienone is 1. The third-order valence-electron chi connectivity index (χ3n) is 1.04. The van der Waals surface area contributed by atoms with Crippen molar-refractivity contribution in [3.8, 4) is 0 Å². The molecule has 0 aliphatic carbocycles. The van der Waals surface area contributed by atoms with Gasteiger partial charge in [-0.1, -0.05) is 19.9 Å². The van der Waals surface area contributed by atoms with Crippen molar-refractivity contribution in [2.24, 2.45) is 5.92 Å². The van der Waals surface area contributed by atoms with Crippen LogP contribution in [0.2, 0.25) is 0 Å². The molecular weight excluding hydrogens is 158 g/mol. The molecule has 0 unspecified atom stereocenters. The molecule has 0 fully saturated rings. The van der Waals surface area contributed by atoms with Crippen molar-refractivity contribution in [1.29, 1.82) is 0 Å². The molecule has 2 N–H and O–H groups in total. The number of amides is 1. The lowest BCUT2D eigenvalue weighted by molar-refractivity contribution is -0.134. The summed E-state index contributed by atoms with van der Waals surface area (Å²) in [5.74, 6) is -1.38. The summed E-state index contributed by atoms with van der Waals surface area (Å²) in [4.78, 5) is 21.0. The van der Waals surface area contributed by atoms with Gasteiger partial charge in [0.2, 0.25) is 5.91 Å². The van der Waals surface area contributed by atoms with Crippen LogP contribution in [-0.4, -0.2) is 17.0 Å². The van der Waals surface area contributed by atoms with Gasteiger partial charge in [-0.25, -0.2) is 4.79 Å². The second-order valence-corrected chi connectivity index (χ2v) is 2.81. The third-order valence-corrected chi connectivity index (χ3v) is 1.04. The number of rotatable bonds is 3. The van der Waals surface area contributed by atoms with Crippen LogP contribution in [0.4, 0.5) is 0 Å². The van der Waals surface area contributed by atoms with Crippen LogP contribution in [-0.2, 0) is 9.59 Å². The fourth-order valence-electron chi connectivity index (χ4n) is 0.689. The SMILES string of the molecule is CC(=O)NC(=CC(C)C)C(=O)O. The van der Waals surface area contributed by atoms with Crippen molar-refractivity contribution in [3.63, 3.8) is 0 Å². The first-order valence-electron chi connectivity index (χ1n) is 3.66. The number of aliphatic carboxylic acids is 1. The largest absolute Gasteiger partial charge is 0.477 e. The Hall–Kier alpha value is -1.32. The minimum Gasteiger partial charge on any atom is -0.477 e. The number of hydrogen-bond donors (Lipinski definition) is 2. The Balaban J connectivity index is 4.44. The first-order chi connectivity index (χ1) is 5.43. The maximum atomic E-state index is 10.5. The number of hydrogen-bond acceptors (Lipinski definition) is 2. The number of carbonyl (C=O) groups excluding carboxylic acids is 1. The Labute approximate surface area is 71.3 Å². The van der Waals surface area contributed by atoms with Gasteiger partial charge in [-0.2, -0.15) is 0 Å². The standard InChI is InChI=1S/C8H13NO3/c1-5(2)4-7(8(11)12)9-6(3)10/h4-5H,1-3H3,(H,9,10)(H,11,12). The average Bonchev–Trinajstić information content (AvgIpc) is 1.83. The highest BCUT2D eigenvalue weighted by atomic mass is 16.4. The van der Waals surface area contributed by atoms with Crippen LogP contribution in [0.15, 0.2) is 11.8 Å². The zero-order chi connectivity index (χ0) is 9.72. The minimum atomic E-state index is -1.11. The van der Waals surface area contributed by atoms with Gasteiger partial charge in [0.05, 0.1) is 0 Å². The highest BCUT2D eigenvalue weighted by Crippen LogP contribution is 1.99. The van der Waals surface area contributed by atoms with Crippen LogP contribution in [0.5, 0.6) is 0 Å². The highest BCUT2D eigenvalue weighted by Gasteiger charge is 2.08. The van der Waals surface area contributed by atoms with E-state index in [1.54, 1.807) is 0 Å². The van der Waals surface area contributed by atoms with Crippen LogP contribution >= 0.6 is 0 Å². The van der Waals surface area contributed by atoms with Crippen LogP contribution in [0.3, 0.4) is 0 Å². The van der Waals surface area contributed by atoms with Crippen molar-refractivity contribution >= 4 is 11.9 Å². The molecule has 0 atom stereocenters. The Kier molecular flexibility index (Phi) is 4.04. The lowest BCUT2D eigenvalue weighted by atomic mass is 10.2. The maximum absolute atomic E-state index is 10.5. The van der Waals surface area contributed by atoms with Gasteiger partial charge in [0.1, 0.15) is 5.70 Å². The van der Waals surface area contributed by atoms with Crippen molar-refractivity contribution in [2.45, 2.75) is 20.8 Å². The molecule has 4 nitrogen and oxygen atoms in total. The number of carbonyl (C=O) groups is 2. The van der Waals surface area contributed by atoms with E-state index < -0.39 is 5.97 Å². The maximum Gasteiger partial charge on any atom is 0.352 e. The van der Waals surface area contributed by atoms with E-state index in [4.69, 9.17) is 5.11 Å². The van der Waals surface area contributed by atoms with Crippen LogP contribution in [0.25, 0.3) is 0 Å². The molecule has 0 aromatic carbocycles. The summed E-state index contributed by atoms with van der Waals surface area (Å²) in [7, 11) is 0. The molecular formula is C8H13NO3. The predicted molar refractivity (Wildman–Crippen MR) is 44.4 cm³/mol. The smallest absolute Gasteiger partial charge is 0.352 e. The predicted octanol–water partition coefficient (Wildman–Crippen LogP) is 0.747. The van der Waals surface area contributed by atoms with Crippen molar-refractivity contribution in [1.82, 2.24) is 5.32 Å². The van der Waals surface area contributed by atoms with E-state index in [9.17, 15) is 9.59 Å². The van der Waals surface area contributed by atoms with Crippen molar-refractivity contribution < 1.29 is 14.7 Å². The number of carboxylic acid groups (broad SMARTS) is 1. The zero-order valence-corrected chi connectivity index (χ0v) is 7.42. The van der Waals surface area contributed by atoms with Gasteiger partial charge >= 0.3 is 5.97 Å². The highest BCUT2D eigenvalue weighted by molar-refractivity contribution is 5.91. The minimum absolute atomic E-state index is 0.0579. The zero-order valence-electron chi connectivity index (χ0n) is 7.42. The van der Waals surface area contributed by atoms with E-state index in [0.717, 1.165) is 0 Å². The van der Waals surface area contributed by atoms with Crippen LogP contribution in [0, 0.1) is 5.92 Å². The van der Waals surface area contributed by atoms with Gasteiger partial charge in [-0.15, -0.1) is 0 Å². The molecule has 0 heterocycles. The molecule has 1 amide bonds. The van der Waals surface area contributed by atoms with Gasteiger partial charge in [0.15, 0.2) is 0 Å². The molecule has 68 valence electrons. The normalized spacial score (nSPS) is 11.5. The second kappa shape index (κ2) is 4.54. The average molecular weight is 171 g/mol. The van der Waals surface area contributed by atoms with Gasteiger partial charge < -0.3 is 10.4 Å². The summed E-state index contributed by atoms with van der Waals surface area (Å²) in [6.07, 6.45) is 1.49. The van der Waals surface area contributed by atoms with Crippen molar-refractivity contribution in [2.75, 3.05) is 0 Å². The Bertz CT molecular complexity index is 218. The van der Waals surface area contributed by atoms with Crippen LogP contribution < -0.4 is 5.32 Å². The van der Waals surface area contributed by atoms with E-state index in [-0.39, 0.29) is 17.5 Å². The first-order valence-corrected chi connectivity index (χ1v) is 3.66. The summed E-state index contributed by atoms with van der Waals surface area (Å²) in [6, 6.07) is 0. The van der Waals surface area contributed by atoms with Gasteiger partial charge in [-0.3, -0.25) is 4.79 Å². The van der Waals surface area contributed by atoms with E-state index >= 15 is 0 Å². The Morgan fingerprint density at radius 1 is 1.42 bits per heavy atom. The topological polar surface area (TPSA) is 66.4 Å². The first kappa shape index (κ1) is 10.7. The van der Waals surface area contributed by atoms with E-state index in [1.807, 2.05) is 13.8 Å². The summed E-state index contributed by atoms with van der Waals surface area (Å²) in [5.41, 5.74) is -0.0579. The molecule has 0 bridgehead atoms. The summed E-state index contributed by atoms with van der Waals surface area (Å²) < 4.78 is 0. The van der Waals surface area contributed by atoms with Gasteiger partial charge in [-0.05, 0) is 5.92 Å². The van der Waals surface area contributed by atoms with E-state index in [1.165, 1.54) is 13.0 Å². The summed E-state index contributed by atoms with van der Waals surface area (Å²) in [5, 5.41) is 10.8. The molecule has 4 heteroatoms. The fourth-order valence-corrected chi connectivity index (χ4v) is 0.689. The summed E-state index contributed by atoms with van der Waals surface area (Å²) >= 11 is 0. The monoisotopic (exact) mass is 171 g/mol. The summed E-state index contributed by atoms with van der Waals surface area (Å²) in [6.45, 7) is 4.95. The second-order valence-electron chi connectivity index (χ2n) is 2.81. The number of nitrogens with one attached hydrogen (secondary N) is 1. The van der Waals surface area contributed by atoms with Gasteiger partial charge in [0.25, 0.3) is 0 Å². The molecule has 0 saturated carbocycles. The Morgan fingerprint density at radius 3 is 2.17 bits per heavy atom. The third kappa shape index (κ3) is 4.49. The lowest BCUT2D eigenvalue weighted by Crippen LogP contribution is -2.25. The molecule has 0 aliphatic heterocycles. The molecule has 0 aliphatic rings. The fraction of sp³-hybridized carbons (Fsp3) is 0.500. The number of carboxylic acids is 1. The lowest BCUT2D eigenvalue weighted by Gasteiger charge is -2.03. The van der Waals surface area contributed by atoms with Crippen molar-refractivity contribution in [3.05, 3.63) is 11.8 Å². The molecule has 0 spiro atoms. The quantitative estimate of drug-likeness (QED) is 0.616. The van der Waals surface area contributed by atoms with E-state index in [0.29, 0.717) is 0 Å². The molecule has 0 saturated heterocycles. The molecule has 12 heavy (non-hydrogen) atoms. The molecule has 0 aromatic heterocycles.